The summed E-state index contributed by atoms with van der Waals surface area (Å²) in [4.78, 5) is 72.8. The lowest BCUT2D eigenvalue weighted by Gasteiger charge is -2.21. The maximum Gasteiger partial charge on any atom is 0.472 e. The Balaban J connectivity index is 5.37. The van der Waals surface area contributed by atoms with E-state index in [2.05, 4.69) is 149 Å². The molecule has 17 nitrogen and oxygen atoms in total. The molecule has 0 rings (SSSR count). The number of carbonyl (C=O) groups excluding carboxylic acids is 4. The average molecular weight is 1450 g/mol. The highest BCUT2D eigenvalue weighted by molar-refractivity contribution is 7.47. The van der Waals surface area contributed by atoms with Crippen LogP contribution >= 0.6 is 15.6 Å². The number of ether oxygens (including phenoxy) is 4. The van der Waals surface area contributed by atoms with Crippen molar-refractivity contribution in [1.82, 2.24) is 0 Å². The second-order valence-corrected chi connectivity index (χ2v) is 28.4. The van der Waals surface area contributed by atoms with Crippen molar-refractivity contribution >= 4 is 39.5 Å². The molecule has 0 saturated heterocycles. The first-order valence-corrected chi connectivity index (χ1v) is 41.8. The van der Waals surface area contributed by atoms with Crippen LogP contribution in [0.1, 0.15) is 310 Å². The van der Waals surface area contributed by atoms with Gasteiger partial charge in [0.2, 0.25) is 0 Å². The Bertz CT molecular complexity index is 2370. The maximum absolute atomic E-state index is 13.1. The third-order valence-electron chi connectivity index (χ3n) is 15.9. The molecule has 5 atom stereocenters. The molecule has 19 heteroatoms. The van der Waals surface area contributed by atoms with Crippen LogP contribution < -0.4 is 0 Å². The van der Waals surface area contributed by atoms with E-state index in [0.717, 1.165) is 154 Å². The van der Waals surface area contributed by atoms with Gasteiger partial charge in [-0.25, -0.2) is 9.13 Å². The molecule has 0 fully saturated rings. The van der Waals surface area contributed by atoms with Crippen molar-refractivity contribution in [3.8, 4) is 0 Å². The maximum atomic E-state index is 13.1. The van der Waals surface area contributed by atoms with E-state index < -0.39 is 97.5 Å². The molecule has 0 spiro atoms. The van der Waals surface area contributed by atoms with E-state index >= 15 is 0 Å². The molecule has 0 aliphatic heterocycles. The van der Waals surface area contributed by atoms with Crippen molar-refractivity contribution in [1.29, 1.82) is 0 Å². The summed E-state index contributed by atoms with van der Waals surface area (Å²) < 4.78 is 68.4. The Kier molecular flexibility index (Phi) is 69.5. The smallest absolute Gasteiger partial charge is 0.462 e. The number of hydrogen-bond donors (Lipinski definition) is 3. The average Bonchev–Trinajstić information content (AvgIpc) is 0.953. The summed E-state index contributed by atoms with van der Waals surface area (Å²) in [6.45, 7) is 4.53. The minimum atomic E-state index is -4.99. The second kappa shape index (κ2) is 72.8. The molecule has 0 saturated carbocycles. The number of unbranched alkanes of at least 4 members (excludes halogenated alkanes) is 26. The number of phosphoric ester groups is 2. The van der Waals surface area contributed by atoms with Crippen LogP contribution in [-0.2, 0) is 65.4 Å². The molecule has 0 aromatic heterocycles. The van der Waals surface area contributed by atoms with Crippen LogP contribution in [0.25, 0.3) is 0 Å². The molecule has 0 bridgehead atoms. The van der Waals surface area contributed by atoms with Crippen molar-refractivity contribution in [3.63, 3.8) is 0 Å². The molecule has 574 valence electrons. The van der Waals surface area contributed by atoms with Crippen LogP contribution in [0.2, 0.25) is 0 Å². The molecule has 0 heterocycles. The van der Waals surface area contributed by atoms with Crippen molar-refractivity contribution in [3.05, 3.63) is 122 Å². The van der Waals surface area contributed by atoms with E-state index in [0.29, 0.717) is 25.7 Å². The van der Waals surface area contributed by atoms with Gasteiger partial charge in [-0.1, -0.05) is 278 Å². The summed E-state index contributed by atoms with van der Waals surface area (Å²) in [6.07, 6.45) is 79.1. The molecule has 0 aliphatic carbocycles. The molecular formula is C81H138O17P2. The zero-order chi connectivity index (χ0) is 73.2. The summed E-state index contributed by atoms with van der Waals surface area (Å²) in [6, 6.07) is 0. The van der Waals surface area contributed by atoms with Gasteiger partial charge in [-0.3, -0.25) is 37.3 Å². The van der Waals surface area contributed by atoms with Gasteiger partial charge in [0.05, 0.1) is 26.4 Å². The highest BCUT2D eigenvalue weighted by atomic mass is 31.2. The Morgan fingerprint density at radius 2 is 0.530 bits per heavy atom. The summed E-state index contributed by atoms with van der Waals surface area (Å²) in [5.74, 6) is -2.26. The Morgan fingerprint density at radius 3 is 0.870 bits per heavy atom. The number of esters is 4. The Morgan fingerprint density at radius 1 is 0.290 bits per heavy atom. The topological polar surface area (TPSA) is 237 Å². The zero-order valence-corrected chi connectivity index (χ0v) is 64.4. The number of rotatable bonds is 72. The van der Waals surface area contributed by atoms with Crippen LogP contribution in [0, 0.1) is 0 Å². The summed E-state index contributed by atoms with van der Waals surface area (Å²) in [5.41, 5.74) is 0. The van der Waals surface area contributed by atoms with E-state index in [1.807, 2.05) is 0 Å². The van der Waals surface area contributed by atoms with Crippen LogP contribution in [-0.4, -0.2) is 96.7 Å². The first-order chi connectivity index (χ1) is 48.7. The number of carbonyl (C=O) groups is 4. The normalized spacial score (nSPS) is 14.6. The number of allylic oxidation sites excluding steroid dienone is 20. The Labute approximate surface area is 606 Å². The van der Waals surface area contributed by atoms with E-state index in [1.165, 1.54) is 77.0 Å². The SMILES string of the molecule is CC/C=C\C/C=C\C/C=C\C/C=C\C/C=C\CCCCCC(=O)OCC(COP(=O)(O)OCC(O)COP(=O)(O)OCC(COC(=O)CCCC/C=C\C/C=C\C/C=C\C/C=C\CC)OC(=O)CCCCCCCCCCCCCCCCC)OC(=O)CCCCCCC/C=C\CCCC. The predicted molar refractivity (Wildman–Crippen MR) is 408 cm³/mol. The van der Waals surface area contributed by atoms with Crippen molar-refractivity contribution in [2.24, 2.45) is 0 Å². The van der Waals surface area contributed by atoms with Crippen molar-refractivity contribution in [2.45, 2.75) is 329 Å². The van der Waals surface area contributed by atoms with E-state index in [4.69, 9.17) is 37.0 Å². The molecule has 0 radical (unpaired) electrons. The van der Waals surface area contributed by atoms with Gasteiger partial charge >= 0.3 is 39.5 Å². The van der Waals surface area contributed by atoms with Gasteiger partial charge in [-0.05, 0) is 128 Å². The van der Waals surface area contributed by atoms with Crippen molar-refractivity contribution in [2.75, 3.05) is 39.6 Å². The zero-order valence-electron chi connectivity index (χ0n) is 62.6. The number of hydrogen-bond acceptors (Lipinski definition) is 15. The molecule has 0 aromatic rings. The Hall–Kier alpha value is -4.54. The molecule has 0 aromatic carbocycles. The van der Waals surface area contributed by atoms with Gasteiger partial charge in [0.15, 0.2) is 12.2 Å². The number of aliphatic hydroxyl groups is 1. The van der Waals surface area contributed by atoms with Gasteiger partial charge in [0, 0.05) is 25.7 Å². The summed E-state index contributed by atoms with van der Waals surface area (Å²) >= 11 is 0. The third kappa shape index (κ3) is 71.8. The second-order valence-electron chi connectivity index (χ2n) is 25.5. The van der Waals surface area contributed by atoms with Crippen LogP contribution in [0.4, 0.5) is 0 Å². The summed E-state index contributed by atoms with van der Waals surface area (Å²) in [5, 5.41) is 10.6. The fourth-order valence-corrected chi connectivity index (χ4v) is 11.6. The van der Waals surface area contributed by atoms with Gasteiger partial charge in [0.25, 0.3) is 0 Å². The van der Waals surface area contributed by atoms with Gasteiger partial charge in [-0.2, -0.15) is 0 Å². The highest BCUT2D eigenvalue weighted by Crippen LogP contribution is 2.45. The fourth-order valence-electron chi connectivity index (χ4n) is 10.0. The lowest BCUT2D eigenvalue weighted by molar-refractivity contribution is -0.161. The molecule has 3 N–H and O–H groups in total. The van der Waals surface area contributed by atoms with E-state index in [9.17, 15) is 43.2 Å². The minimum Gasteiger partial charge on any atom is -0.462 e. The lowest BCUT2D eigenvalue weighted by Crippen LogP contribution is -2.30. The van der Waals surface area contributed by atoms with Gasteiger partial charge < -0.3 is 33.8 Å². The molecule has 0 amide bonds. The lowest BCUT2D eigenvalue weighted by atomic mass is 10.0. The quantitative estimate of drug-likeness (QED) is 0.0169. The standard InChI is InChI=1S/C81H138O17P2/c1-5-9-13-17-21-25-29-32-35-36-37-38-41-43-47-50-54-58-62-66-79(84)91-71-76(97-80(85)67-63-59-55-51-45-28-24-20-16-12-8-4)73-95-99(87,88)93-69-75(82)70-94-100(89,90)96-74-77(98-81(86)68-64-60-56-52-48-44-40-34-31-27-23-19-15-11-7-3)72-92-78(83)65-61-57-53-49-46-42-39-33-30-26-22-18-14-10-6-2/h9-10,13-14,20-22,24-26,32-33,35,37-39,43,46-47,49,75-77,82H,5-8,11-12,15-19,23,27-31,34,36,40-42,44-45,48,50-74H2,1-4H3,(H,87,88)(H,89,90)/b13-9-,14-10-,24-20-,25-21-,26-22-,35-32-,38-37-,39-33-,47-43-,49-46-. The van der Waals surface area contributed by atoms with Crippen LogP contribution in [0.3, 0.4) is 0 Å². The molecule has 100 heavy (non-hydrogen) atoms. The minimum absolute atomic E-state index is 0.0740. The van der Waals surface area contributed by atoms with Crippen LogP contribution in [0.15, 0.2) is 122 Å². The number of aliphatic hydroxyl groups excluding tert-OH is 1. The summed E-state index contributed by atoms with van der Waals surface area (Å²) in [7, 11) is -9.97. The van der Waals surface area contributed by atoms with Gasteiger partial charge in [-0.15, -0.1) is 0 Å². The van der Waals surface area contributed by atoms with Crippen LogP contribution in [0.5, 0.6) is 0 Å². The molecular weight excluding hydrogens is 1310 g/mol. The van der Waals surface area contributed by atoms with Crippen molar-refractivity contribution < 1.29 is 80.2 Å². The van der Waals surface area contributed by atoms with E-state index in [-0.39, 0.29) is 25.7 Å². The first-order valence-electron chi connectivity index (χ1n) is 38.8. The third-order valence-corrected chi connectivity index (χ3v) is 17.8. The largest absolute Gasteiger partial charge is 0.472 e. The molecule has 5 unspecified atom stereocenters. The highest BCUT2D eigenvalue weighted by Gasteiger charge is 2.30. The predicted octanol–water partition coefficient (Wildman–Crippen LogP) is 22.3. The molecule has 0 aliphatic rings. The first kappa shape index (κ1) is 95.5. The number of phosphoric acid groups is 2. The van der Waals surface area contributed by atoms with E-state index in [1.54, 1.807) is 0 Å². The van der Waals surface area contributed by atoms with Gasteiger partial charge in [0.1, 0.15) is 19.3 Å². The fraction of sp³-hybridized carbons (Fsp3) is 0.704. The monoisotopic (exact) mass is 1440 g/mol.